The maximum absolute atomic E-state index is 12.0. The number of imide groups is 1. The molecule has 1 rings (SSSR count). The minimum atomic E-state index is -1.17. The molecule has 9 heteroatoms. The summed E-state index contributed by atoms with van der Waals surface area (Å²) in [6.45, 7) is 4.79. The third-order valence-corrected chi connectivity index (χ3v) is 3.04. The highest BCUT2D eigenvalue weighted by atomic mass is 16.5. The summed E-state index contributed by atoms with van der Waals surface area (Å²) < 4.78 is 6.10. The van der Waals surface area contributed by atoms with E-state index < -0.39 is 30.3 Å². The molecule has 0 aliphatic carbocycles. The lowest BCUT2D eigenvalue weighted by molar-refractivity contribution is -0.143. The van der Waals surface area contributed by atoms with Crippen molar-refractivity contribution < 1.29 is 23.9 Å². The number of nitrogens with zero attached hydrogens (tertiary/aromatic N) is 2. The summed E-state index contributed by atoms with van der Waals surface area (Å²) in [7, 11) is 1.65. The van der Waals surface area contributed by atoms with Gasteiger partial charge in [0.25, 0.3) is 11.7 Å². The predicted octanol–water partition coefficient (Wildman–Crippen LogP) is -0.00136. The van der Waals surface area contributed by atoms with Crippen molar-refractivity contribution in [1.82, 2.24) is 20.4 Å². The average Bonchev–Trinajstić information content (AvgIpc) is 2.74. The summed E-state index contributed by atoms with van der Waals surface area (Å²) in [5, 5.41) is 8.44. The van der Waals surface area contributed by atoms with E-state index in [1.165, 1.54) is 4.68 Å². The van der Waals surface area contributed by atoms with Crippen LogP contribution in [0.4, 0.5) is 4.79 Å². The zero-order valence-corrected chi connectivity index (χ0v) is 13.6. The predicted molar refractivity (Wildman–Crippen MR) is 79.8 cm³/mol. The molecule has 0 radical (unpaired) electrons. The van der Waals surface area contributed by atoms with Crippen molar-refractivity contribution in [3.8, 4) is 0 Å². The van der Waals surface area contributed by atoms with Gasteiger partial charge in [-0.15, -0.1) is 0 Å². The van der Waals surface area contributed by atoms with E-state index in [0.29, 0.717) is 17.9 Å². The molecule has 0 bridgehead atoms. The number of hydrogen-bond acceptors (Lipinski definition) is 6. The van der Waals surface area contributed by atoms with Crippen LogP contribution in [-0.2, 0) is 21.4 Å². The summed E-state index contributed by atoms with van der Waals surface area (Å²) in [6, 6.07) is -0.682. The minimum absolute atomic E-state index is 0.151. The topological polar surface area (TPSA) is 119 Å². The monoisotopic (exact) mass is 324 g/mol. The first kappa shape index (κ1) is 18.3. The van der Waals surface area contributed by atoms with Gasteiger partial charge in [-0.3, -0.25) is 19.6 Å². The van der Waals surface area contributed by atoms with Crippen molar-refractivity contribution in [3.63, 3.8) is 0 Å². The number of ketones is 1. The molecule has 0 aliphatic rings. The fraction of sp³-hybridized carbons (Fsp3) is 0.500. The largest absolute Gasteiger partial charge is 0.450 e. The maximum atomic E-state index is 12.0. The van der Waals surface area contributed by atoms with E-state index in [1.54, 1.807) is 20.9 Å². The molecule has 1 heterocycles. The van der Waals surface area contributed by atoms with Crippen LogP contribution in [0.25, 0.3) is 0 Å². The first-order chi connectivity index (χ1) is 10.8. The fourth-order valence-corrected chi connectivity index (χ4v) is 1.85. The number of aryl methyl sites for hydroxylation is 2. The van der Waals surface area contributed by atoms with Crippen LogP contribution >= 0.6 is 0 Å². The van der Waals surface area contributed by atoms with Gasteiger partial charge in [0.15, 0.2) is 6.61 Å². The normalized spacial score (nSPS) is 10.1. The standard InChI is InChI=1S/C14H20N4O5/c1-5-6-15-14(22)16-10(19)7-23-13(21)12(20)11-8(2)17-18(4)9(11)3/h5-7H2,1-4H3,(H2,15,16,19,22). The molecule has 0 aliphatic heterocycles. The Labute approximate surface area is 133 Å². The third-order valence-electron chi connectivity index (χ3n) is 3.04. The molecule has 0 fully saturated rings. The smallest absolute Gasteiger partial charge is 0.380 e. The third kappa shape index (κ3) is 4.90. The summed E-state index contributed by atoms with van der Waals surface area (Å²) in [4.78, 5) is 46.5. The molecule has 23 heavy (non-hydrogen) atoms. The van der Waals surface area contributed by atoms with Crippen LogP contribution < -0.4 is 10.6 Å². The molecule has 3 amide bonds. The molecule has 0 saturated carbocycles. The summed E-state index contributed by atoms with van der Waals surface area (Å²) in [5.41, 5.74) is 1.07. The number of urea groups is 1. The van der Waals surface area contributed by atoms with E-state index in [4.69, 9.17) is 0 Å². The Balaban J connectivity index is 2.55. The fourth-order valence-electron chi connectivity index (χ4n) is 1.85. The molecule has 126 valence electrons. The summed E-state index contributed by atoms with van der Waals surface area (Å²) in [6.07, 6.45) is 0.717. The van der Waals surface area contributed by atoms with Crippen LogP contribution in [0.2, 0.25) is 0 Å². The van der Waals surface area contributed by atoms with Gasteiger partial charge in [0.2, 0.25) is 0 Å². The Bertz CT molecular complexity index is 635. The number of aromatic nitrogens is 2. The van der Waals surface area contributed by atoms with Crippen molar-refractivity contribution in [2.45, 2.75) is 27.2 Å². The Morgan fingerprint density at radius 3 is 2.39 bits per heavy atom. The molecular weight excluding hydrogens is 304 g/mol. The second-order valence-corrected chi connectivity index (χ2v) is 4.88. The van der Waals surface area contributed by atoms with Crippen molar-refractivity contribution in [2.24, 2.45) is 7.05 Å². The summed E-state index contributed by atoms with van der Waals surface area (Å²) in [5.74, 6) is -2.87. The van der Waals surface area contributed by atoms with Gasteiger partial charge in [-0.25, -0.2) is 9.59 Å². The van der Waals surface area contributed by atoms with Crippen LogP contribution in [0.15, 0.2) is 0 Å². The number of hydrogen-bond donors (Lipinski definition) is 2. The van der Waals surface area contributed by atoms with Crippen LogP contribution in [0.1, 0.15) is 35.1 Å². The van der Waals surface area contributed by atoms with Crippen molar-refractivity contribution >= 4 is 23.7 Å². The van der Waals surface area contributed by atoms with Crippen LogP contribution in [0, 0.1) is 13.8 Å². The van der Waals surface area contributed by atoms with Crippen LogP contribution in [0.3, 0.4) is 0 Å². The number of Topliss-reactive ketones (excluding diaryl/α,β-unsaturated/α-hetero) is 1. The van der Waals surface area contributed by atoms with E-state index in [0.717, 1.165) is 6.42 Å². The number of rotatable bonds is 6. The molecule has 0 spiro atoms. The quantitative estimate of drug-likeness (QED) is 0.432. The second kappa shape index (κ2) is 8.06. The van der Waals surface area contributed by atoms with E-state index in [1.807, 2.05) is 12.2 Å². The molecule has 0 unspecified atom stereocenters. The van der Waals surface area contributed by atoms with Crippen molar-refractivity contribution in [1.29, 1.82) is 0 Å². The van der Waals surface area contributed by atoms with Gasteiger partial charge in [-0.2, -0.15) is 5.10 Å². The average molecular weight is 324 g/mol. The Kier molecular flexibility index (Phi) is 6.43. The molecular formula is C14H20N4O5. The minimum Gasteiger partial charge on any atom is -0.450 e. The Morgan fingerprint density at radius 1 is 1.22 bits per heavy atom. The Hall–Kier alpha value is -2.71. The lowest BCUT2D eigenvalue weighted by Gasteiger charge is -2.06. The molecule has 0 aromatic carbocycles. The van der Waals surface area contributed by atoms with E-state index in [9.17, 15) is 19.2 Å². The first-order valence-corrected chi connectivity index (χ1v) is 7.07. The van der Waals surface area contributed by atoms with Gasteiger partial charge < -0.3 is 10.1 Å². The number of esters is 1. The zero-order chi connectivity index (χ0) is 17.6. The van der Waals surface area contributed by atoms with Gasteiger partial charge in [0, 0.05) is 19.3 Å². The molecule has 9 nitrogen and oxygen atoms in total. The number of carbonyl (C=O) groups excluding carboxylic acids is 4. The molecule has 1 aromatic rings. The summed E-state index contributed by atoms with van der Waals surface area (Å²) >= 11 is 0. The number of carbonyl (C=O) groups is 4. The number of nitrogens with one attached hydrogen (secondary N) is 2. The lowest BCUT2D eigenvalue weighted by Crippen LogP contribution is -2.42. The van der Waals surface area contributed by atoms with Gasteiger partial charge in [0.05, 0.1) is 11.3 Å². The number of ether oxygens (including phenoxy) is 1. The highest BCUT2D eigenvalue weighted by Crippen LogP contribution is 2.13. The van der Waals surface area contributed by atoms with E-state index >= 15 is 0 Å². The second-order valence-electron chi connectivity index (χ2n) is 4.88. The van der Waals surface area contributed by atoms with Crippen molar-refractivity contribution in [2.75, 3.05) is 13.2 Å². The van der Waals surface area contributed by atoms with Gasteiger partial charge in [0.1, 0.15) is 0 Å². The van der Waals surface area contributed by atoms with Gasteiger partial charge >= 0.3 is 12.0 Å². The van der Waals surface area contributed by atoms with Gasteiger partial charge in [-0.1, -0.05) is 6.92 Å². The molecule has 0 atom stereocenters. The van der Waals surface area contributed by atoms with E-state index in [-0.39, 0.29) is 5.56 Å². The molecule has 1 aromatic heterocycles. The van der Waals surface area contributed by atoms with Crippen LogP contribution in [-0.4, -0.2) is 46.6 Å². The van der Waals surface area contributed by atoms with E-state index in [2.05, 4.69) is 15.2 Å². The molecule has 0 saturated heterocycles. The highest BCUT2D eigenvalue weighted by molar-refractivity contribution is 6.41. The van der Waals surface area contributed by atoms with Crippen LogP contribution in [0.5, 0.6) is 0 Å². The lowest BCUT2D eigenvalue weighted by atomic mass is 10.1. The number of amides is 3. The highest BCUT2D eigenvalue weighted by Gasteiger charge is 2.25. The maximum Gasteiger partial charge on any atom is 0.380 e. The zero-order valence-electron chi connectivity index (χ0n) is 13.6. The SMILES string of the molecule is CCCNC(=O)NC(=O)COC(=O)C(=O)c1c(C)nn(C)c1C. The van der Waals surface area contributed by atoms with Crippen molar-refractivity contribution in [3.05, 3.63) is 17.0 Å². The first-order valence-electron chi connectivity index (χ1n) is 7.07. The Morgan fingerprint density at radius 2 is 1.87 bits per heavy atom. The molecule has 2 N–H and O–H groups in total. The van der Waals surface area contributed by atoms with Gasteiger partial charge in [-0.05, 0) is 20.3 Å².